The van der Waals surface area contributed by atoms with Crippen molar-refractivity contribution >= 4 is 27.7 Å². The van der Waals surface area contributed by atoms with Gasteiger partial charge in [-0.1, -0.05) is 42.6 Å². The molecule has 0 saturated carbocycles. The molecule has 1 rings (SSSR count). The maximum atomic E-state index is 5.84. The number of alkyl halides is 1. The minimum Gasteiger partial charge on any atom is -0.480 e. The van der Waals surface area contributed by atoms with E-state index in [0.717, 1.165) is 30.0 Å². The van der Waals surface area contributed by atoms with E-state index < -0.39 is 5.54 Å². The highest BCUT2D eigenvalue weighted by molar-refractivity contribution is 9.09. The minimum atomic E-state index is -0.391. The van der Waals surface area contributed by atoms with Gasteiger partial charge in [0.15, 0.2) is 0 Å². The monoisotopic (exact) mass is 374 g/mol. The van der Waals surface area contributed by atoms with Crippen molar-refractivity contribution in [2.24, 2.45) is 15.9 Å². The summed E-state index contributed by atoms with van der Waals surface area (Å²) < 4.78 is 11.6. The van der Waals surface area contributed by atoms with E-state index in [9.17, 15) is 0 Å². The zero-order valence-electron chi connectivity index (χ0n) is 14.7. The lowest BCUT2D eigenvalue weighted by molar-refractivity contribution is 0.254. The Kier molecular flexibility index (Phi) is 8.44. The van der Waals surface area contributed by atoms with E-state index in [4.69, 9.17) is 19.5 Å². The lowest BCUT2D eigenvalue weighted by atomic mass is 9.91. The van der Waals surface area contributed by atoms with Crippen LogP contribution in [-0.4, -0.2) is 41.9 Å². The van der Waals surface area contributed by atoms with E-state index in [1.54, 1.807) is 0 Å². The number of ether oxygens (including phenoxy) is 2. The number of aliphatic imine (C=N–C) groups is 2. The molecule has 0 aromatic heterocycles. The summed E-state index contributed by atoms with van der Waals surface area (Å²) in [5.41, 5.74) is -0.391. The van der Waals surface area contributed by atoms with Crippen molar-refractivity contribution in [3.05, 3.63) is 0 Å². The molecule has 1 aliphatic rings. The lowest BCUT2D eigenvalue weighted by Crippen LogP contribution is -2.45. The molecule has 0 amide bonds. The molecule has 0 radical (unpaired) electrons. The average Bonchev–Trinajstić information content (AvgIpc) is 2.46. The summed E-state index contributed by atoms with van der Waals surface area (Å²) in [5, 5.41) is 1.05. The Hall–Kier alpha value is -0.580. The van der Waals surface area contributed by atoms with Crippen molar-refractivity contribution in [3.8, 4) is 0 Å². The van der Waals surface area contributed by atoms with Crippen LogP contribution >= 0.6 is 15.9 Å². The van der Waals surface area contributed by atoms with Gasteiger partial charge >= 0.3 is 0 Å². The molecule has 0 fully saturated rings. The van der Waals surface area contributed by atoms with Crippen molar-refractivity contribution in [2.45, 2.75) is 71.9 Å². The fraction of sp³-hybridized carbons (Fsp3) is 0.882. The van der Waals surface area contributed by atoms with Gasteiger partial charge in [0.25, 0.3) is 0 Å². The van der Waals surface area contributed by atoms with Crippen molar-refractivity contribution < 1.29 is 9.47 Å². The topological polar surface area (TPSA) is 43.2 Å². The maximum absolute atomic E-state index is 5.84. The smallest absolute Gasteiger partial charge is 0.212 e. The van der Waals surface area contributed by atoms with Gasteiger partial charge in [-0.3, -0.25) is 0 Å². The van der Waals surface area contributed by atoms with Gasteiger partial charge in [0, 0.05) is 5.33 Å². The van der Waals surface area contributed by atoms with Crippen LogP contribution in [0, 0.1) is 5.92 Å². The maximum Gasteiger partial charge on any atom is 0.212 e. The van der Waals surface area contributed by atoms with Crippen LogP contribution in [0.4, 0.5) is 0 Å². The first-order valence-electron chi connectivity index (χ1n) is 8.48. The first-order chi connectivity index (χ1) is 10.5. The SMILES string of the molecule is CCOC1=N[C@@](C)(CCCCCBr)C(OCC)=N[C@@H]1C(C)C. The highest BCUT2D eigenvalue weighted by Gasteiger charge is 2.39. The predicted molar refractivity (Wildman–Crippen MR) is 97.4 cm³/mol. The summed E-state index contributed by atoms with van der Waals surface area (Å²) in [6.07, 6.45) is 4.44. The fourth-order valence-electron chi connectivity index (χ4n) is 2.61. The van der Waals surface area contributed by atoms with Crippen LogP contribution in [0.15, 0.2) is 9.98 Å². The number of rotatable bonds is 8. The molecule has 0 bridgehead atoms. The van der Waals surface area contributed by atoms with Gasteiger partial charge in [-0.2, -0.15) is 0 Å². The highest BCUT2D eigenvalue weighted by atomic mass is 79.9. The molecule has 5 heteroatoms. The average molecular weight is 375 g/mol. The van der Waals surface area contributed by atoms with E-state index in [0.29, 0.717) is 19.1 Å². The van der Waals surface area contributed by atoms with Crippen LogP contribution in [0.2, 0.25) is 0 Å². The van der Waals surface area contributed by atoms with Gasteiger partial charge in [0.2, 0.25) is 11.8 Å². The lowest BCUT2D eigenvalue weighted by Gasteiger charge is -2.34. The predicted octanol–water partition coefficient (Wildman–Crippen LogP) is 4.61. The number of nitrogens with zero attached hydrogens (tertiary/aromatic N) is 2. The Morgan fingerprint density at radius 2 is 1.82 bits per heavy atom. The minimum absolute atomic E-state index is 0.0304. The first kappa shape index (κ1) is 19.5. The summed E-state index contributed by atoms with van der Waals surface area (Å²) in [6, 6.07) is -0.0304. The quantitative estimate of drug-likeness (QED) is 0.459. The van der Waals surface area contributed by atoms with Crippen molar-refractivity contribution in [1.29, 1.82) is 0 Å². The molecule has 0 spiro atoms. The van der Waals surface area contributed by atoms with Gasteiger partial charge < -0.3 is 9.47 Å². The van der Waals surface area contributed by atoms with E-state index in [2.05, 4.69) is 36.7 Å². The molecule has 128 valence electrons. The van der Waals surface area contributed by atoms with Crippen LogP contribution in [0.3, 0.4) is 0 Å². The normalized spacial score (nSPS) is 25.0. The second kappa shape index (κ2) is 9.53. The molecule has 0 aliphatic carbocycles. The van der Waals surface area contributed by atoms with Crippen LogP contribution in [-0.2, 0) is 9.47 Å². The van der Waals surface area contributed by atoms with Crippen molar-refractivity contribution in [2.75, 3.05) is 18.5 Å². The Labute approximate surface area is 143 Å². The molecule has 4 nitrogen and oxygen atoms in total. The molecule has 0 unspecified atom stereocenters. The Balaban J connectivity index is 2.96. The molecular weight excluding hydrogens is 344 g/mol. The summed E-state index contributed by atoms with van der Waals surface area (Å²) in [6.45, 7) is 11.7. The molecule has 0 saturated heterocycles. The van der Waals surface area contributed by atoms with Crippen LogP contribution < -0.4 is 0 Å². The van der Waals surface area contributed by atoms with Gasteiger partial charge in [0.1, 0.15) is 11.6 Å². The summed E-state index contributed by atoms with van der Waals surface area (Å²) in [7, 11) is 0. The zero-order valence-corrected chi connectivity index (χ0v) is 16.3. The number of hydrogen-bond donors (Lipinski definition) is 0. The third kappa shape index (κ3) is 5.25. The van der Waals surface area contributed by atoms with E-state index in [-0.39, 0.29) is 6.04 Å². The van der Waals surface area contributed by atoms with Gasteiger partial charge in [0.05, 0.1) is 13.2 Å². The van der Waals surface area contributed by atoms with Gasteiger partial charge in [-0.15, -0.1) is 0 Å². The molecule has 2 atom stereocenters. The van der Waals surface area contributed by atoms with Gasteiger partial charge in [-0.05, 0) is 39.5 Å². The number of halogens is 1. The fourth-order valence-corrected chi connectivity index (χ4v) is 3.01. The Morgan fingerprint density at radius 3 is 2.36 bits per heavy atom. The Morgan fingerprint density at radius 1 is 1.14 bits per heavy atom. The largest absolute Gasteiger partial charge is 0.480 e. The highest BCUT2D eigenvalue weighted by Crippen LogP contribution is 2.29. The molecule has 0 aromatic carbocycles. The standard InChI is InChI=1S/C17H31BrN2O2/c1-6-21-15-14(13(3)4)19-16(22-7-2)17(5,20-15)11-9-8-10-12-18/h13-14H,6-12H2,1-5H3/t14-,17+/m1/s1. The molecule has 0 aromatic rings. The van der Waals surface area contributed by atoms with E-state index >= 15 is 0 Å². The zero-order chi connectivity index (χ0) is 16.6. The van der Waals surface area contributed by atoms with E-state index in [1.807, 2.05) is 13.8 Å². The third-order valence-electron chi connectivity index (χ3n) is 3.83. The van der Waals surface area contributed by atoms with Crippen molar-refractivity contribution in [1.82, 2.24) is 0 Å². The second-order valence-corrected chi connectivity index (χ2v) is 7.01. The van der Waals surface area contributed by atoms with Crippen molar-refractivity contribution in [3.63, 3.8) is 0 Å². The van der Waals surface area contributed by atoms with Crippen LogP contribution in [0.5, 0.6) is 0 Å². The molecular formula is C17H31BrN2O2. The summed E-state index contributed by atoms with van der Waals surface area (Å²) in [4.78, 5) is 9.78. The number of hydrogen-bond acceptors (Lipinski definition) is 4. The van der Waals surface area contributed by atoms with E-state index in [1.165, 1.54) is 12.8 Å². The molecule has 22 heavy (non-hydrogen) atoms. The number of unbranched alkanes of at least 4 members (excludes halogenated alkanes) is 2. The second-order valence-electron chi connectivity index (χ2n) is 6.21. The summed E-state index contributed by atoms with van der Waals surface area (Å²) >= 11 is 3.48. The van der Waals surface area contributed by atoms with Crippen LogP contribution in [0.25, 0.3) is 0 Å². The molecule has 1 aliphatic heterocycles. The van der Waals surface area contributed by atoms with Gasteiger partial charge in [-0.25, -0.2) is 9.98 Å². The Bertz CT molecular complexity index is 396. The summed E-state index contributed by atoms with van der Waals surface area (Å²) in [5.74, 6) is 1.89. The molecule has 1 heterocycles. The van der Waals surface area contributed by atoms with Crippen LogP contribution in [0.1, 0.15) is 60.3 Å². The molecule has 0 N–H and O–H groups in total. The third-order valence-corrected chi connectivity index (χ3v) is 4.39. The first-order valence-corrected chi connectivity index (χ1v) is 9.60.